The van der Waals surface area contributed by atoms with E-state index >= 15 is 0 Å². The van der Waals surface area contributed by atoms with Crippen LogP contribution in [-0.2, 0) is 14.6 Å². The number of rotatable bonds is 4. The lowest BCUT2D eigenvalue weighted by Gasteiger charge is -2.15. The van der Waals surface area contributed by atoms with Crippen molar-refractivity contribution in [1.29, 1.82) is 0 Å². The van der Waals surface area contributed by atoms with Crippen molar-refractivity contribution in [2.45, 2.75) is 11.0 Å². The van der Waals surface area contributed by atoms with E-state index in [4.69, 9.17) is 0 Å². The molecule has 0 aliphatic heterocycles. The Kier molecular flexibility index (Phi) is 4.25. The number of likely N-dealkylation sites (N-methyl/N-ethyl adjacent to an activating group) is 1. The minimum absolute atomic E-state index is 0.102. The lowest BCUT2D eigenvalue weighted by atomic mass is 10.4. The fourth-order valence-corrected chi connectivity index (χ4v) is 2.62. The van der Waals surface area contributed by atoms with Gasteiger partial charge in [-0.15, -0.1) is 0 Å². The number of hydrogen-bond acceptors (Lipinski definition) is 4. The molecule has 1 aromatic carbocycles. The van der Waals surface area contributed by atoms with Crippen molar-refractivity contribution < 1.29 is 18.3 Å². The van der Waals surface area contributed by atoms with Crippen LogP contribution in [0.2, 0.25) is 0 Å². The Balaban J connectivity index is 2.85. The van der Waals surface area contributed by atoms with Crippen molar-refractivity contribution in [1.82, 2.24) is 4.90 Å². The quantitative estimate of drug-likeness (QED) is 0.819. The van der Waals surface area contributed by atoms with Crippen molar-refractivity contribution in [3.8, 4) is 0 Å². The maximum atomic E-state index is 11.8. The van der Waals surface area contributed by atoms with Crippen LogP contribution in [0.5, 0.6) is 0 Å². The minimum atomic E-state index is -3.64. The molecule has 1 aromatic rings. The molecule has 1 N–H and O–H groups in total. The zero-order valence-electron chi connectivity index (χ0n) is 9.70. The first-order valence-electron chi connectivity index (χ1n) is 5.01. The summed E-state index contributed by atoms with van der Waals surface area (Å²) in [6, 6.07) is 7.74. The molecule has 0 fully saturated rings. The number of carbonyl (C=O) groups excluding carboxylic acids is 1. The van der Waals surface area contributed by atoms with E-state index in [1.165, 1.54) is 26.2 Å². The maximum Gasteiger partial charge on any atom is 0.251 e. The van der Waals surface area contributed by atoms with Crippen LogP contribution in [0.25, 0.3) is 0 Å². The van der Waals surface area contributed by atoms with Gasteiger partial charge in [-0.05, 0) is 12.1 Å². The molecule has 0 saturated carbocycles. The number of nitrogens with zero attached hydrogens (tertiary/aromatic N) is 1. The predicted molar refractivity (Wildman–Crippen MR) is 63.2 cm³/mol. The molecule has 0 radical (unpaired) electrons. The van der Waals surface area contributed by atoms with E-state index in [0.29, 0.717) is 0 Å². The van der Waals surface area contributed by atoms with Gasteiger partial charge in [-0.25, -0.2) is 8.42 Å². The Morgan fingerprint density at radius 2 is 1.82 bits per heavy atom. The van der Waals surface area contributed by atoms with Gasteiger partial charge in [-0.2, -0.15) is 0 Å². The number of benzene rings is 1. The summed E-state index contributed by atoms with van der Waals surface area (Å²) < 4.78 is 23.7. The summed E-state index contributed by atoms with van der Waals surface area (Å²) in [4.78, 5) is 12.6. The molecule has 17 heavy (non-hydrogen) atoms. The number of aliphatic hydroxyl groups is 1. The first kappa shape index (κ1) is 13.7. The van der Waals surface area contributed by atoms with Crippen LogP contribution in [0.1, 0.15) is 0 Å². The van der Waals surface area contributed by atoms with Crippen molar-refractivity contribution >= 4 is 15.7 Å². The topological polar surface area (TPSA) is 74.7 Å². The molecule has 0 aliphatic rings. The lowest BCUT2D eigenvalue weighted by Crippen LogP contribution is -2.38. The second kappa shape index (κ2) is 5.29. The van der Waals surface area contributed by atoms with E-state index in [2.05, 4.69) is 0 Å². The van der Waals surface area contributed by atoms with E-state index in [0.717, 1.165) is 4.90 Å². The van der Waals surface area contributed by atoms with Crippen molar-refractivity contribution in [2.75, 3.05) is 19.8 Å². The van der Waals surface area contributed by atoms with E-state index in [-0.39, 0.29) is 4.90 Å². The minimum Gasteiger partial charge on any atom is -0.382 e. The summed E-state index contributed by atoms with van der Waals surface area (Å²) in [6.07, 6.45) is -1.53. The zero-order valence-corrected chi connectivity index (χ0v) is 10.5. The molecule has 0 spiro atoms. The third-order valence-electron chi connectivity index (χ3n) is 2.21. The fourth-order valence-electron chi connectivity index (χ4n) is 1.30. The average Bonchev–Trinajstić information content (AvgIpc) is 2.28. The van der Waals surface area contributed by atoms with Crippen LogP contribution in [0, 0.1) is 0 Å². The summed E-state index contributed by atoms with van der Waals surface area (Å²) in [6.45, 7) is 0. The van der Waals surface area contributed by atoms with Crippen LogP contribution in [0.15, 0.2) is 35.2 Å². The van der Waals surface area contributed by atoms with Crippen molar-refractivity contribution in [2.24, 2.45) is 0 Å². The average molecular weight is 258 g/mol. The van der Waals surface area contributed by atoms with Gasteiger partial charge in [0.05, 0.1) is 10.6 Å². The molecule has 0 heterocycles. The van der Waals surface area contributed by atoms with E-state index in [1.807, 2.05) is 0 Å². The molecule has 1 unspecified atom stereocenters. The van der Waals surface area contributed by atoms with Gasteiger partial charge < -0.3 is 10.0 Å². The first-order valence-corrected chi connectivity index (χ1v) is 6.67. The van der Waals surface area contributed by atoms with Gasteiger partial charge in [0.25, 0.3) is 5.91 Å². The number of carbonyl (C=O) groups is 1. The fraction of sp³-hybridized carbons (Fsp3) is 0.364. The zero-order chi connectivity index (χ0) is 13.1. The van der Waals surface area contributed by atoms with E-state index in [1.54, 1.807) is 18.2 Å². The Hall–Kier alpha value is -1.40. The molecule has 94 valence electrons. The van der Waals surface area contributed by atoms with Gasteiger partial charge in [0, 0.05) is 14.1 Å². The molecule has 6 heteroatoms. The summed E-state index contributed by atoms with van der Waals surface area (Å²) in [7, 11) is -0.718. The molecule has 1 amide bonds. The lowest BCUT2D eigenvalue weighted by molar-refractivity contribution is -0.136. The first-order chi connectivity index (χ1) is 7.84. The Morgan fingerprint density at radius 1 is 1.29 bits per heavy atom. The molecule has 5 nitrogen and oxygen atoms in total. The second-order valence-electron chi connectivity index (χ2n) is 3.84. The van der Waals surface area contributed by atoms with Gasteiger partial charge in [0.2, 0.25) is 0 Å². The third-order valence-corrected chi connectivity index (χ3v) is 3.95. The Bertz CT molecular complexity index is 481. The van der Waals surface area contributed by atoms with Crippen LogP contribution in [0.4, 0.5) is 0 Å². The molecular formula is C11H15NO4S. The number of aliphatic hydroxyl groups excluding tert-OH is 1. The van der Waals surface area contributed by atoms with Gasteiger partial charge in [-0.1, -0.05) is 18.2 Å². The Morgan fingerprint density at radius 3 is 2.29 bits per heavy atom. The molecule has 1 atom stereocenters. The largest absolute Gasteiger partial charge is 0.382 e. The molecule has 0 aromatic heterocycles. The SMILES string of the molecule is CN(C)C(=O)C(O)CS(=O)(=O)[13c]1ccccc1. The molecule has 0 aliphatic carbocycles. The second-order valence-corrected chi connectivity index (χ2v) is 5.88. The molecular weight excluding hydrogens is 243 g/mol. The third kappa shape index (κ3) is 3.54. The molecule has 1 rings (SSSR count). The van der Waals surface area contributed by atoms with Crippen LogP contribution >= 0.6 is 0 Å². The number of hydrogen-bond donors (Lipinski definition) is 1. The van der Waals surface area contributed by atoms with E-state index in [9.17, 15) is 18.3 Å². The summed E-state index contributed by atoms with van der Waals surface area (Å²) in [5.41, 5.74) is 0. The van der Waals surface area contributed by atoms with Crippen LogP contribution < -0.4 is 0 Å². The highest BCUT2D eigenvalue weighted by Gasteiger charge is 2.25. The standard InChI is InChI=1S/C11H15NO4S/c1-12(2)11(14)10(13)8-17(15,16)9-6-4-3-5-7-9/h3-7,10,13H,8H2,1-2H3/i9+1. The van der Waals surface area contributed by atoms with Crippen molar-refractivity contribution in [3.05, 3.63) is 30.3 Å². The van der Waals surface area contributed by atoms with E-state index < -0.39 is 27.6 Å². The summed E-state index contributed by atoms with van der Waals surface area (Å²) >= 11 is 0. The van der Waals surface area contributed by atoms with Gasteiger partial charge in [-0.3, -0.25) is 4.79 Å². The molecule has 0 saturated heterocycles. The Labute approximate surface area is 101 Å². The van der Waals surface area contributed by atoms with Gasteiger partial charge in [0.1, 0.15) is 6.10 Å². The van der Waals surface area contributed by atoms with Crippen molar-refractivity contribution in [3.63, 3.8) is 0 Å². The smallest absolute Gasteiger partial charge is 0.251 e. The normalized spacial score (nSPS) is 13.1. The monoisotopic (exact) mass is 258 g/mol. The molecule has 0 bridgehead atoms. The highest BCUT2D eigenvalue weighted by atomic mass is 32.2. The van der Waals surface area contributed by atoms with Gasteiger partial charge in [0.15, 0.2) is 9.84 Å². The predicted octanol–water partition coefficient (Wildman–Crippen LogP) is -0.0906. The van der Waals surface area contributed by atoms with Gasteiger partial charge >= 0.3 is 0 Å². The maximum absolute atomic E-state index is 11.8. The van der Waals surface area contributed by atoms with Crippen LogP contribution in [-0.4, -0.2) is 50.3 Å². The summed E-state index contributed by atoms with van der Waals surface area (Å²) in [5, 5.41) is 9.51. The highest BCUT2D eigenvalue weighted by molar-refractivity contribution is 7.91. The van der Waals surface area contributed by atoms with Crippen LogP contribution in [0.3, 0.4) is 0 Å². The number of sulfone groups is 1. The summed E-state index contributed by atoms with van der Waals surface area (Å²) in [5.74, 6) is -1.22. The number of amides is 1. The highest BCUT2D eigenvalue weighted by Crippen LogP contribution is 2.11.